The average Bonchev–Trinajstić information content (AvgIpc) is 3.19. The van der Waals surface area contributed by atoms with Crippen molar-refractivity contribution in [3.05, 3.63) is 35.4 Å². The summed E-state index contributed by atoms with van der Waals surface area (Å²) in [5.41, 5.74) is 0.302. The highest BCUT2D eigenvalue weighted by atomic mass is 19.2. The van der Waals surface area contributed by atoms with Gasteiger partial charge in [0.15, 0.2) is 11.6 Å². The van der Waals surface area contributed by atoms with Crippen LogP contribution in [0.2, 0.25) is 0 Å². The van der Waals surface area contributed by atoms with Crippen LogP contribution in [0.1, 0.15) is 18.4 Å². The number of nitrogens with one attached hydrogen (secondary N) is 1. The van der Waals surface area contributed by atoms with Crippen LogP contribution in [-0.2, 0) is 16.0 Å². The number of rotatable bonds is 4. The Balaban J connectivity index is 0.000000550. The Morgan fingerprint density at radius 1 is 1.42 bits per heavy atom. The molecular formula is C13H15F2NO3. The Hall–Kier alpha value is -1.98. The Labute approximate surface area is 109 Å². The van der Waals surface area contributed by atoms with Crippen LogP contribution >= 0.6 is 0 Å². The lowest BCUT2D eigenvalue weighted by Crippen LogP contribution is -2.27. The van der Waals surface area contributed by atoms with Gasteiger partial charge in [0, 0.05) is 12.5 Å². The van der Waals surface area contributed by atoms with Crippen molar-refractivity contribution >= 4 is 12.4 Å². The lowest BCUT2D eigenvalue weighted by atomic mass is 10.1. The van der Waals surface area contributed by atoms with Gasteiger partial charge < -0.3 is 10.4 Å². The van der Waals surface area contributed by atoms with Crippen LogP contribution in [0.3, 0.4) is 0 Å². The first-order valence-corrected chi connectivity index (χ1v) is 5.88. The molecule has 6 heteroatoms. The van der Waals surface area contributed by atoms with Gasteiger partial charge in [0.1, 0.15) is 0 Å². The van der Waals surface area contributed by atoms with Crippen molar-refractivity contribution < 1.29 is 23.5 Å². The van der Waals surface area contributed by atoms with Crippen LogP contribution in [-0.4, -0.2) is 24.0 Å². The standard InChI is InChI=1S/C12H13F2NO.CH2O2/c13-10-3-1-2-8(11(10)14)6-7-15-12(16)9-4-5-9;2-1-3/h1-3,9H,4-7H2,(H,15,16);1H,(H,2,3). The Kier molecular flexibility index (Phi) is 5.92. The second-order valence-corrected chi connectivity index (χ2v) is 4.13. The van der Waals surface area contributed by atoms with E-state index in [4.69, 9.17) is 9.90 Å². The number of carboxylic acid groups (broad SMARTS) is 1. The number of hydrogen-bond acceptors (Lipinski definition) is 2. The molecule has 0 atom stereocenters. The zero-order valence-corrected chi connectivity index (χ0v) is 10.2. The van der Waals surface area contributed by atoms with Gasteiger partial charge in [0.2, 0.25) is 5.91 Å². The molecule has 4 nitrogen and oxygen atoms in total. The van der Waals surface area contributed by atoms with Crippen molar-refractivity contribution in [1.82, 2.24) is 5.32 Å². The fraction of sp³-hybridized carbons (Fsp3) is 0.385. The molecule has 2 N–H and O–H groups in total. The smallest absolute Gasteiger partial charge is 0.290 e. The van der Waals surface area contributed by atoms with Crippen molar-refractivity contribution in [2.24, 2.45) is 5.92 Å². The second-order valence-electron chi connectivity index (χ2n) is 4.13. The molecule has 0 unspecified atom stereocenters. The van der Waals surface area contributed by atoms with Gasteiger partial charge in [-0.15, -0.1) is 0 Å². The molecule has 104 valence electrons. The summed E-state index contributed by atoms with van der Waals surface area (Å²) < 4.78 is 26.1. The molecule has 0 spiro atoms. The van der Waals surface area contributed by atoms with E-state index in [-0.39, 0.29) is 18.3 Å². The summed E-state index contributed by atoms with van der Waals surface area (Å²) in [5, 5.41) is 9.60. The molecule has 1 aliphatic rings. The summed E-state index contributed by atoms with van der Waals surface area (Å²) in [5.74, 6) is -1.48. The van der Waals surface area contributed by atoms with E-state index in [0.717, 1.165) is 18.9 Å². The highest BCUT2D eigenvalue weighted by molar-refractivity contribution is 5.80. The SMILES string of the molecule is O=C(NCCc1cccc(F)c1F)C1CC1.O=CO. The van der Waals surface area contributed by atoms with E-state index in [2.05, 4.69) is 5.32 Å². The van der Waals surface area contributed by atoms with Crippen molar-refractivity contribution in [2.45, 2.75) is 19.3 Å². The molecule has 1 aromatic carbocycles. The molecule has 2 rings (SSSR count). The molecule has 1 saturated carbocycles. The average molecular weight is 271 g/mol. The molecule has 0 bridgehead atoms. The summed E-state index contributed by atoms with van der Waals surface area (Å²) >= 11 is 0. The maximum Gasteiger partial charge on any atom is 0.290 e. The predicted molar refractivity (Wildman–Crippen MR) is 64.5 cm³/mol. The Bertz CT molecular complexity index is 448. The fourth-order valence-corrected chi connectivity index (χ4v) is 1.55. The Morgan fingerprint density at radius 2 is 2.05 bits per heavy atom. The third-order valence-corrected chi connectivity index (χ3v) is 2.67. The van der Waals surface area contributed by atoms with Gasteiger partial charge in [-0.2, -0.15) is 0 Å². The summed E-state index contributed by atoms with van der Waals surface area (Å²) in [6, 6.07) is 4.08. The molecule has 1 fully saturated rings. The number of benzene rings is 1. The molecule has 0 radical (unpaired) electrons. The van der Waals surface area contributed by atoms with Crippen molar-refractivity contribution in [2.75, 3.05) is 6.54 Å². The largest absolute Gasteiger partial charge is 0.483 e. The quantitative estimate of drug-likeness (QED) is 0.820. The van der Waals surface area contributed by atoms with Gasteiger partial charge in [0.05, 0.1) is 0 Å². The summed E-state index contributed by atoms with van der Waals surface area (Å²) in [4.78, 5) is 19.6. The zero-order valence-electron chi connectivity index (χ0n) is 10.2. The first-order chi connectivity index (χ1) is 9.10. The number of carbonyl (C=O) groups is 2. The zero-order chi connectivity index (χ0) is 14.3. The topological polar surface area (TPSA) is 66.4 Å². The van der Waals surface area contributed by atoms with E-state index >= 15 is 0 Å². The summed E-state index contributed by atoms with van der Waals surface area (Å²) in [7, 11) is 0. The van der Waals surface area contributed by atoms with Crippen LogP contribution < -0.4 is 5.32 Å². The molecular weight excluding hydrogens is 256 g/mol. The van der Waals surface area contributed by atoms with E-state index in [1.54, 1.807) is 0 Å². The highest BCUT2D eigenvalue weighted by Gasteiger charge is 2.29. The lowest BCUT2D eigenvalue weighted by molar-refractivity contribution is -0.123. The molecule has 0 aliphatic heterocycles. The molecule has 1 aromatic rings. The first kappa shape index (κ1) is 15.1. The molecule has 0 aromatic heterocycles. The number of amides is 1. The predicted octanol–water partition coefficient (Wildman–Crippen LogP) is 1.73. The van der Waals surface area contributed by atoms with Gasteiger partial charge in [-0.3, -0.25) is 9.59 Å². The van der Waals surface area contributed by atoms with E-state index in [1.165, 1.54) is 12.1 Å². The van der Waals surface area contributed by atoms with E-state index < -0.39 is 11.6 Å². The highest BCUT2D eigenvalue weighted by Crippen LogP contribution is 2.28. The molecule has 1 aliphatic carbocycles. The molecule has 0 saturated heterocycles. The van der Waals surface area contributed by atoms with Gasteiger partial charge in [-0.25, -0.2) is 8.78 Å². The van der Waals surface area contributed by atoms with Crippen molar-refractivity contribution in [3.8, 4) is 0 Å². The van der Waals surface area contributed by atoms with Crippen molar-refractivity contribution in [1.29, 1.82) is 0 Å². The van der Waals surface area contributed by atoms with E-state index in [9.17, 15) is 13.6 Å². The fourth-order valence-electron chi connectivity index (χ4n) is 1.55. The second kappa shape index (κ2) is 7.45. The minimum atomic E-state index is -0.842. The molecule has 0 heterocycles. The van der Waals surface area contributed by atoms with Crippen LogP contribution in [0.15, 0.2) is 18.2 Å². The molecule has 19 heavy (non-hydrogen) atoms. The van der Waals surface area contributed by atoms with E-state index in [0.29, 0.717) is 18.5 Å². The Morgan fingerprint density at radius 3 is 2.63 bits per heavy atom. The molecule has 1 amide bonds. The monoisotopic (exact) mass is 271 g/mol. The summed E-state index contributed by atoms with van der Waals surface area (Å²) in [6.07, 6.45) is 2.21. The van der Waals surface area contributed by atoms with Crippen LogP contribution in [0.4, 0.5) is 8.78 Å². The number of hydrogen-bond donors (Lipinski definition) is 2. The lowest BCUT2D eigenvalue weighted by Gasteiger charge is -2.05. The number of carbonyl (C=O) groups excluding carboxylic acids is 1. The van der Waals surface area contributed by atoms with Gasteiger partial charge >= 0.3 is 0 Å². The van der Waals surface area contributed by atoms with Crippen LogP contribution in [0, 0.1) is 17.6 Å². The third-order valence-electron chi connectivity index (χ3n) is 2.67. The normalized spacial score (nSPS) is 13.2. The minimum Gasteiger partial charge on any atom is -0.483 e. The maximum atomic E-state index is 13.2. The van der Waals surface area contributed by atoms with Gasteiger partial charge in [0.25, 0.3) is 6.47 Å². The van der Waals surface area contributed by atoms with Crippen LogP contribution in [0.25, 0.3) is 0 Å². The third kappa shape index (κ3) is 5.03. The van der Waals surface area contributed by atoms with E-state index in [1.807, 2.05) is 0 Å². The first-order valence-electron chi connectivity index (χ1n) is 5.88. The summed E-state index contributed by atoms with van der Waals surface area (Å²) in [6.45, 7) is 0.107. The van der Waals surface area contributed by atoms with Crippen molar-refractivity contribution in [3.63, 3.8) is 0 Å². The van der Waals surface area contributed by atoms with Crippen LogP contribution in [0.5, 0.6) is 0 Å². The van der Waals surface area contributed by atoms with Gasteiger partial charge in [-0.1, -0.05) is 12.1 Å². The minimum absolute atomic E-state index is 0.0248. The number of halogens is 2. The maximum absolute atomic E-state index is 13.2. The van der Waals surface area contributed by atoms with Gasteiger partial charge in [-0.05, 0) is 30.9 Å².